The van der Waals surface area contributed by atoms with E-state index in [1.54, 1.807) is 6.26 Å². The fraction of sp³-hybridized carbons (Fsp3) is 0.706. The molecule has 0 aliphatic rings. The van der Waals surface area contributed by atoms with Crippen LogP contribution in [0.2, 0.25) is 0 Å². The molecule has 172 valence electrons. The van der Waals surface area contributed by atoms with Crippen molar-refractivity contribution in [3.63, 3.8) is 0 Å². The molecule has 0 aromatic heterocycles. The molecule has 0 bridgehead atoms. The highest BCUT2D eigenvalue weighted by molar-refractivity contribution is 7.98. The highest BCUT2D eigenvalue weighted by Gasteiger charge is 2.30. The van der Waals surface area contributed by atoms with Gasteiger partial charge in [0.05, 0.1) is 6.10 Å². The maximum atomic E-state index is 12.7. The molecule has 12 nitrogen and oxygen atoms in total. The predicted octanol–water partition coefficient (Wildman–Crippen LogP) is -2.13. The number of nitrogens with two attached hydrogens (primary N) is 1. The van der Waals surface area contributed by atoms with Crippen LogP contribution < -0.4 is 21.7 Å². The van der Waals surface area contributed by atoms with Gasteiger partial charge in [-0.25, -0.2) is 0 Å². The smallest absolute Gasteiger partial charge is 0.325 e. The zero-order valence-electron chi connectivity index (χ0n) is 17.1. The van der Waals surface area contributed by atoms with Gasteiger partial charge in [0.15, 0.2) is 0 Å². The Balaban J connectivity index is 5.36. The molecule has 0 rings (SSSR count). The van der Waals surface area contributed by atoms with Crippen molar-refractivity contribution in [1.82, 2.24) is 16.0 Å². The number of hydrogen-bond acceptors (Lipinski definition) is 8. The van der Waals surface area contributed by atoms with E-state index in [1.807, 2.05) is 0 Å². The number of carbonyl (C=O) groups is 5. The molecule has 0 heterocycles. The van der Waals surface area contributed by atoms with Crippen LogP contribution in [0, 0.1) is 0 Å². The molecule has 5 atom stereocenters. The summed E-state index contributed by atoms with van der Waals surface area (Å²) in [6, 6.07) is -4.93. The molecule has 0 spiro atoms. The van der Waals surface area contributed by atoms with Crippen LogP contribution in [0.3, 0.4) is 0 Å². The van der Waals surface area contributed by atoms with Crippen molar-refractivity contribution in [3.8, 4) is 0 Å². The highest BCUT2D eigenvalue weighted by Crippen LogP contribution is 2.05. The fourth-order valence-corrected chi connectivity index (χ4v) is 2.65. The first kappa shape index (κ1) is 27.6. The van der Waals surface area contributed by atoms with Crippen molar-refractivity contribution in [2.45, 2.75) is 63.4 Å². The second-order valence-electron chi connectivity index (χ2n) is 6.67. The molecule has 0 aliphatic carbocycles. The van der Waals surface area contributed by atoms with Gasteiger partial charge >= 0.3 is 11.9 Å². The molecule has 0 aromatic rings. The van der Waals surface area contributed by atoms with E-state index in [9.17, 15) is 29.1 Å². The number of carbonyl (C=O) groups excluding carboxylic acids is 3. The van der Waals surface area contributed by atoms with Gasteiger partial charge in [-0.05, 0) is 38.7 Å². The minimum absolute atomic E-state index is 0.185. The Kier molecular flexibility index (Phi) is 12.7. The molecule has 0 fully saturated rings. The minimum Gasteiger partial charge on any atom is -0.481 e. The van der Waals surface area contributed by atoms with Gasteiger partial charge in [-0.1, -0.05) is 0 Å². The van der Waals surface area contributed by atoms with E-state index in [2.05, 4.69) is 16.0 Å². The summed E-state index contributed by atoms with van der Waals surface area (Å²) in [6.45, 7) is 2.53. The average molecular weight is 451 g/mol. The molecule has 3 amide bonds. The van der Waals surface area contributed by atoms with E-state index in [0.717, 1.165) is 0 Å². The summed E-state index contributed by atoms with van der Waals surface area (Å²) in [7, 11) is 0. The number of aliphatic hydroxyl groups is 1. The van der Waals surface area contributed by atoms with Crippen molar-refractivity contribution in [2.24, 2.45) is 5.73 Å². The Bertz CT molecular complexity index is 631. The average Bonchev–Trinajstić information content (AvgIpc) is 2.66. The number of thioether (sulfide) groups is 1. The molecule has 0 radical (unpaired) electrons. The van der Waals surface area contributed by atoms with Crippen molar-refractivity contribution < 1.29 is 39.3 Å². The fourth-order valence-electron chi connectivity index (χ4n) is 2.18. The summed E-state index contributed by atoms with van der Waals surface area (Å²) in [5.41, 5.74) is 5.57. The number of nitrogens with one attached hydrogen (secondary N) is 3. The molecule has 0 saturated heterocycles. The summed E-state index contributed by atoms with van der Waals surface area (Å²) >= 11 is 1.41. The third kappa shape index (κ3) is 10.4. The standard InChI is InChI=1S/C17H30N4O8S/c1-8(17(28)29)19-14(25)10(4-5-12(23)24)20-15(26)11(6-7-30-3)21-16(27)13(18)9(2)22/h8-11,13,22H,4-7,18H2,1-3H3,(H,19,25)(H,20,26)(H,21,27)(H,23,24)(H,28,29). The number of aliphatic carboxylic acids is 2. The van der Waals surface area contributed by atoms with Gasteiger partial charge in [0.25, 0.3) is 0 Å². The highest BCUT2D eigenvalue weighted by atomic mass is 32.2. The minimum atomic E-state index is -1.32. The SMILES string of the molecule is CSCCC(NC(=O)C(N)C(C)O)C(=O)NC(CCC(=O)O)C(=O)NC(C)C(=O)O. The topological polar surface area (TPSA) is 208 Å². The normalized spacial score (nSPS) is 15.8. The van der Waals surface area contributed by atoms with Crippen LogP contribution in [0.4, 0.5) is 0 Å². The van der Waals surface area contributed by atoms with Crippen molar-refractivity contribution in [3.05, 3.63) is 0 Å². The Labute approximate surface area is 178 Å². The van der Waals surface area contributed by atoms with Crippen LogP contribution in [-0.2, 0) is 24.0 Å². The first-order chi connectivity index (χ1) is 13.9. The lowest BCUT2D eigenvalue weighted by Gasteiger charge is -2.25. The van der Waals surface area contributed by atoms with Crippen LogP contribution >= 0.6 is 11.8 Å². The van der Waals surface area contributed by atoms with Gasteiger partial charge < -0.3 is 37.0 Å². The quantitative estimate of drug-likeness (QED) is 0.153. The zero-order valence-corrected chi connectivity index (χ0v) is 17.9. The number of aliphatic hydroxyl groups excluding tert-OH is 1. The molecule has 30 heavy (non-hydrogen) atoms. The van der Waals surface area contributed by atoms with Crippen LogP contribution in [0.5, 0.6) is 0 Å². The Hall–Kier alpha value is -2.38. The first-order valence-electron chi connectivity index (χ1n) is 9.19. The van der Waals surface area contributed by atoms with Crippen LogP contribution in [-0.4, -0.2) is 87.3 Å². The molecular formula is C17H30N4O8S. The van der Waals surface area contributed by atoms with Gasteiger partial charge in [0, 0.05) is 6.42 Å². The third-order valence-corrected chi connectivity index (χ3v) is 4.72. The number of carboxylic acids is 2. The number of amides is 3. The van der Waals surface area contributed by atoms with Crippen LogP contribution in [0.1, 0.15) is 33.1 Å². The Morgan fingerprint density at radius 2 is 1.40 bits per heavy atom. The van der Waals surface area contributed by atoms with Crippen LogP contribution in [0.25, 0.3) is 0 Å². The molecule has 5 unspecified atom stereocenters. The second kappa shape index (κ2) is 13.8. The summed E-state index contributed by atoms with van der Waals surface area (Å²) < 4.78 is 0. The maximum absolute atomic E-state index is 12.7. The summed E-state index contributed by atoms with van der Waals surface area (Å²) in [6.07, 6.45) is 0.0871. The summed E-state index contributed by atoms with van der Waals surface area (Å²) in [4.78, 5) is 58.9. The Morgan fingerprint density at radius 1 is 0.900 bits per heavy atom. The maximum Gasteiger partial charge on any atom is 0.325 e. The number of rotatable bonds is 14. The molecule has 13 heteroatoms. The van der Waals surface area contributed by atoms with Crippen molar-refractivity contribution in [1.29, 1.82) is 0 Å². The van der Waals surface area contributed by atoms with E-state index >= 15 is 0 Å². The van der Waals surface area contributed by atoms with Gasteiger partial charge in [0.2, 0.25) is 17.7 Å². The second-order valence-corrected chi connectivity index (χ2v) is 7.66. The molecule has 8 N–H and O–H groups in total. The first-order valence-corrected chi connectivity index (χ1v) is 10.6. The van der Waals surface area contributed by atoms with Crippen molar-refractivity contribution >= 4 is 41.4 Å². The molecule has 0 aliphatic heterocycles. The lowest BCUT2D eigenvalue weighted by molar-refractivity contribution is -0.142. The van der Waals surface area contributed by atoms with Crippen molar-refractivity contribution in [2.75, 3.05) is 12.0 Å². The van der Waals surface area contributed by atoms with E-state index in [4.69, 9.17) is 15.9 Å². The Morgan fingerprint density at radius 3 is 1.87 bits per heavy atom. The zero-order chi connectivity index (χ0) is 23.4. The van der Waals surface area contributed by atoms with E-state index < -0.39 is 66.4 Å². The van der Waals surface area contributed by atoms with Gasteiger partial charge in [-0.2, -0.15) is 11.8 Å². The molecular weight excluding hydrogens is 420 g/mol. The summed E-state index contributed by atoms with van der Waals surface area (Å²) in [5, 5.41) is 34.2. The van der Waals surface area contributed by atoms with E-state index in [-0.39, 0.29) is 12.8 Å². The van der Waals surface area contributed by atoms with Gasteiger partial charge in [-0.3, -0.25) is 24.0 Å². The summed E-state index contributed by atoms with van der Waals surface area (Å²) in [5.74, 6) is -4.42. The number of carboxylic acid groups (broad SMARTS) is 2. The largest absolute Gasteiger partial charge is 0.481 e. The third-order valence-electron chi connectivity index (χ3n) is 4.08. The molecule has 0 saturated carbocycles. The molecule has 0 aromatic carbocycles. The van der Waals surface area contributed by atoms with E-state index in [0.29, 0.717) is 5.75 Å². The van der Waals surface area contributed by atoms with Crippen LogP contribution in [0.15, 0.2) is 0 Å². The lowest BCUT2D eigenvalue weighted by atomic mass is 10.1. The van der Waals surface area contributed by atoms with E-state index in [1.165, 1.54) is 25.6 Å². The predicted molar refractivity (Wildman–Crippen MR) is 109 cm³/mol. The van der Waals surface area contributed by atoms with Gasteiger partial charge in [0.1, 0.15) is 24.2 Å². The lowest BCUT2D eigenvalue weighted by Crippen LogP contribution is -2.58. The van der Waals surface area contributed by atoms with Gasteiger partial charge in [-0.15, -0.1) is 0 Å². The monoisotopic (exact) mass is 450 g/mol. The number of hydrogen-bond donors (Lipinski definition) is 7.